The van der Waals surface area contributed by atoms with Gasteiger partial charge in [-0.25, -0.2) is 0 Å². The summed E-state index contributed by atoms with van der Waals surface area (Å²) in [6.45, 7) is 5.78. The van der Waals surface area contributed by atoms with E-state index in [-0.39, 0.29) is 18.1 Å². The molecule has 3 rings (SSSR count). The fourth-order valence-corrected chi connectivity index (χ4v) is 2.55. The van der Waals surface area contributed by atoms with Crippen LogP contribution in [-0.4, -0.2) is 37.8 Å². The standard InChI is InChI=1S/C14H18N2O3/c1-9(2)19-12-5-3-4-10-13(12)15-14(17)11-8-18-7-6-16(10)11/h3-5,9,11H,6-8H2,1-2H3,(H,15,17). The van der Waals surface area contributed by atoms with E-state index in [4.69, 9.17) is 9.47 Å². The number of nitrogens with one attached hydrogen (secondary N) is 1. The van der Waals surface area contributed by atoms with Crippen molar-refractivity contribution in [3.63, 3.8) is 0 Å². The van der Waals surface area contributed by atoms with E-state index in [1.54, 1.807) is 0 Å². The van der Waals surface area contributed by atoms with Crippen LogP contribution in [0.4, 0.5) is 11.4 Å². The number of para-hydroxylation sites is 1. The van der Waals surface area contributed by atoms with Crippen molar-refractivity contribution in [3.05, 3.63) is 18.2 Å². The summed E-state index contributed by atoms with van der Waals surface area (Å²) < 4.78 is 11.2. The Labute approximate surface area is 112 Å². The second-order valence-corrected chi connectivity index (χ2v) is 5.09. The summed E-state index contributed by atoms with van der Waals surface area (Å²) in [6.07, 6.45) is 0.0748. The van der Waals surface area contributed by atoms with Crippen LogP contribution in [0, 0.1) is 0 Å². The number of hydrogen-bond acceptors (Lipinski definition) is 4. The number of nitrogens with zero attached hydrogens (tertiary/aromatic N) is 1. The highest BCUT2D eigenvalue weighted by molar-refractivity contribution is 6.05. The van der Waals surface area contributed by atoms with Gasteiger partial charge in [0, 0.05) is 6.54 Å². The maximum absolute atomic E-state index is 12.1. The Balaban J connectivity index is 2.01. The van der Waals surface area contributed by atoms with Gasteiger partial charge in [-0.15, -0.1) is 0 Å². The Morgan fingerprint density at radius 1 is 1.47 bits per heavy atom. The first-order valence-corrected chi connectivity index (χ1v) is 6.61. The molecule has 5 heteroatoms. The van der Waals surface area contributed by atoms with E-state index in [1.807, 2.05) is 32.0 Å². The van der Waals surface area contributed by atoms with Gasteiger partial charge in [0.25, 0.3) is 0 Å². The molecule has 2 aliphatic heterocycles. The van der Waals surface area contributed by atoms with Gasteiger partial charge in [-0.1, -0.05) is 6.07 Å². The topological polar surface area (TPSA) is 50.8 Å². The number of carbonyl (C=O) groups excluding carboxylic acids is 1. The molecule has 0 spiro atoms. The largest absolute Gasteiger partial charge is 0.489 e. The zero-order valence-electron chi connectivity index (χ0n) is 11.2. The van der Waals surface area contributed by atoms with E-state index >= 15 is 0 Å². The monoisotopic (exact) mass is 262 g/mol. The SMILES string of the molecule is CC(C)Oc1cccc2c1NC(=O)C1COCCN21. The minimum Gasteiger partial charge on any atom is -0.489 e. The van der Waals surface area contributed by atoms with E-state index in [0.29, 0.717) is 13.2 Å². The van der Waals surface area contributed by atoms with Crippen molar-refractivity contribution >= 4 is 17.3 Å². The molecule has 5 nitrogen and oxygen atoms in total. The molecule has 1 fully saturated rings. The number of amides is 1. The number of carbonyl (C=O) groups is 1. The van der Waals surface area contributed by atoms with E-state index in [2.05, 4.69) is 10.2 Å². The van der Waals surface area contributed by atoms with Crippen LogP contribution in [0.5, 0.6) is 5.75 Å². The maximum Gasteiger partial charge on any atom is 0.249 e. The number of anilines is 2. The molecule has 1 saturated heterocycles. The normalized spacial score (nSPS) is 21.7. The minimum atomic E-state index is -0.226. The van der Waals surface area contributed by atoms with Crippen LogP contribution in [-0.2, 0) is 9.53 Å². The van der Waals surface area contributed by atoms with Crippen LogP contribution in [0.2, 0.25) is 0 Å². The molecule has 102 valence electrons. The lowest BCUT2D eigenvalue weighted by Crippen LogP contribution is -2.54. The number of morpholine rings is 1. The predicted octanol–water partition coefficient (Wildman–Crippen LogP) is 1.63. The Morgan fingerprint density at radius 3 is 3.11 bits per heavy atom. The highest BCUT2D eigenvalue weighted by Crippen LogP contribution is 2.40. The third kappa shape index (κ3) is 2.14. The van der Waals surface area contributed by atoms with Gasteiger partial charge < -0.3 is 19.7 Å². The van der Waals surface area contributed by atoms with E-state index in [9.17, 15) is 4.79 Å². The average molecular weight is 262 g/mol. The molecule has 1 aromatic rings. The Morgan fingerprint density at radius 2 is 2.32 bits per heavy atom. The first-order valence-electron chi connectivity index (χ1n) is 6.61. The van der Waals surface area contributed by atoms with E-state index in [1.165, 1.54) is 0 Å². The summed E-state index contributed by atoms with van der Waals surface area (Å²) in [5.74, 6) is 0.706. The van der Waals surface area contributed by atoms with Crippen LogP contribution in [0.1, 0.15) is 13.8 Å². The van der Waals surface area contributed by atoms with Gasteiger partial charge in [-0.05, 0) is 26.0 Å². The van der Waals surface area contributed by atoms with Gasteiger partial charge in [-0.2, -0.15) is 0 Å². The number of hydrogen-bond donors (Lipinski definition) is 1. The summed E-state index contributed by atoms with van der Waals surface area (Å²) in [6, 6.07) is 5.64. The molecule has 1 atom stereocenters. The lowest BCUT2D eigenvalue weighted by Gasteiger charge is -2.41. The second-order valence-electron chi connectivity index (χ2n) is 5.09. The molecule has 1 N–H and O–H groups in total. The number of ether oxygens (including phenoxy) is 2. The Hall–Kier alpha value is -1.75. The summed E-state index contributed by atoms with van der Waals surface area (Å²) in [5, 5.41) is 2.95. The summed E-state index contributed by atoms with van der Waals surface area (Å²) in [7, 11) is 0. The lowest BCUT2D eigenvalue weighted by molar-refractivity contribution is -0.120. The molecular weight excluding hydrogens is 244 g/mol. The van der Waals surface area contributed by atoms with Crippen LogP contribution in [0.3, 0.4) is 0 Å². The molecule has 19 heavy (non-hydrogen) atoms. The summed E-state index contributed by atoms with van der Waals surface area (Å²) in [4.78, 5) is 14.2. The third-order valence-electron chi connectivity index (χ3n) is 3.36. The van der Waals surface area contributed by atoms with Crippen molar-refractivity contribution in [1.82, 2.24) is 0 Å². The summed E-state index contributed by atoms with van der Waals surface area (Å²) >= 11 is 0. The molecule has 2 aliphatic rings. The number of fused-ring (bicyclic) bond motifs is 3. The minimum absolute atomic E-state index is 0.0213. The van der Waals surface area contributed by atoms with Gasteiger partial charge in [0.2, 0.25) is 5.91 Å². The van der Waals surface area contributed by atoms with Crippen molar-refractivity contribution in [2.45, 2.75) is 26.0 Å². The molecule has 2 heterocycles. The van der Waals surface area contributed by atoms with Crippen LogP contribution < -0.4 is 15.0 Å². The second kappa shape index (κ2) is 4.74. The molecule has 0 aliphatic carbocycles. The molecule has 1 unspecified atom stereocenters. The quantitative estimate of drug-likeness (QED) is 0.880. The van der Waals surface area contributed by atoms with Crippen molar-refractivity contribution < 1.29 is 14.3 Å². The third-order valence-corrected chi connectivity index (χ3v) is 3.36. The predicted molar refractivity (Wildman–Crippen MR) is 72.8 cm³/mol. The Kier molecular flexibility index (Phi) is 3.06. The average Bonchev–Trinajstić information content (AvgIpc) is 2.40. The zero-order chi connectivity index (χ0) is 13.4. The molecule has 0 saturated carbocycles. The van der Waals surface area contributed by atoms with Crippen molar-refractivity contribution in [2.24, 2.45) is 0 Å². The van der Waals surface area contributed by atoms with Crippen LogP contribution in [0.15, 0.2) is 18.2 Å². The van der Waals surface area contributed by atoms with Crippen molar-refractivity contribution in [3.8, 4) is 5.75 Å². The van der Waals surface area contributed by atoms with Gasteiger partial charge in [0.1, 0.15) is 17.5 Å². The van der Waals surface area contributed by atoms with Gasteiger partial charge in [0.05, 0.1) is 25.0 Å². The first kappa shape index (κ1) is 12.3. The fraction of sp³-hybridized carbons (Fsp3) is 0.500. The zero-order valence-corrected chi connectivity index (χ0v) is 11.2. The van der Waals surface area contributed by atoms with Crippen LogP contribution in [0.25, 0.3) is 0 Å². The van der Waals surface area contributed by atoms with Crippen molar-refractivity contribution in [2.75, 3.05) is 30.0 Å². The maximum atomic E-state index is 12.1. The Bertz CT molecular complexity index is 501. The highest BCUT2D eigenvalue weighted by atomic mass is 16.5. The lowest BCUT2D eigenvalue weighted by atomic mass is 10.1. The van der Waals surface area contributed by atoms with E-state index < -0.39 is 0 Å². The molecule has 1 aromatic carbocycles. The molecule has 0 aromatic heterocycles. The van der Waals surface area contributed by atoms with Crippen molar-refractivity contribution in [1.29, 1.82) is 0 Å². The summed E-state index contributed by atoms with van der Waals surface area (Å²) in [5.41, 5.74) is 1.80. The molecule has 0 radical (unpaired) electrons. The van der Waals surface area contributed by atoms with E-state index in [0.717, 1.165) is 23.7 Å². The molecule has 1 amide bonds. The first-order chi connectivity index (χ1) is 9.16. The molecular formula is C14H18N2O3. The fourth-order valence-electron chi connectivity index (χ4n) is 2.55. The molecule has 0 bridgehead atoms. The highest BCUT2D eigenvalue weighted by Gasteiger charge is 2.36. The van der Waals surface area contributed by atoms with Gasteiger partial charge >= 0.3 is 0 Å². The van der Waals surface area contributed by atoms with Gasteiger partial charge in [0.15, 0.2) is 0 Å². The van der Waals surface area contributed by atoms with Gasteiger partial charge in [-0.3, -0.25) is 4.79 Å². The number of benzene rings is 1. The smallest absolute Gasteiger partial charge is 0.249 e. The number of rotatable bonds is 2. The van der Waals surface area contributed by atoms with Crippen LogP contribution >= 0.6 is 0 Å².